The number of carbonyl (C=O) groups excluding carboxylic acids is 1. The van der Waals surface area contributed by atoms with Gasteiger partial charge in [0.15, 0.2) is 0 Å². The summed E-state index contributed by atoms with van der Waals surface area (Å²) in [5.41, 5.74) is 0.541. The van der Waals surface area contributed by atoms with Crippen molar-refractivity contribution in [3.05, 3.63) is 22.7 Å². The van der Waals surface area contributed by atoms with Crippen LogP contribution in [0.4, 0.5) is 5.69 Å². The van der Waals surface area contributed by atoms with Gasteiger partial charge in [-0.2, -0.15) is 0 Å². The van der Waals surface area contributed by atoms with Gasteiger partial charge in [-0.15, -0.1) is 12.4 Å². The van der Waals surface area contributed by atoms with Crippen molar-refractivity contribution in [2.24, 2.45) is 5.92 Å². The molecule has 9 heteroatoms. The van der Waals surface area contributed by atoms with E-state index in [9.17, 15) is 13.2 Å². The van der Waals surface area contributed by atoms with Crippen molar-refractivity contribution < 1.29 is 13.2 Å². The second-order valence-electron chi connectivity index (χ2n) is 5.52. The molecule has 2 atom stereocenters. The minimum absolute atomic E-state index is 0. The van der Waals surface area contributed by atoms with Gasteiger partial charge in [-0.1, -0.05) is 6.92 Å². The third kappa shape index (κ3) is 5.42. The number of sulfonamides is 1. The van der Waals surface area contributed by atoms with E-state index >= 15 is 0 Å². The molecule has 1 fully saturated rings. The summed E-state index contributed by atoms with van der Waals surface area (Å²) >= 11 is 3.29. The molecule has 0 bridgehead atoms. The number of rotatable bonds is 4. The number of piperidine rings is 1. The van der Waals surface area contributed by atoms with Crippen LogP contribution in [-0.2, 0) is 14.8 Å². The Hall–Kier alpha value is -0.670. The van der Waals surface area contributed by atoms with Gasteiger partial charge in [0.05, 0.1) is 10.6 Å². The van der Waals surface area contributed by atoms with E-state index in [1.165, 1.54) is 19.1 Å². The van der Waals surface area contributed by atoms with Crippen molar-refractivity contribution in [3.63, 3.8) is 0 Å². The molecule has 0 radical (unpaired) electrons. The maximum atomic E-state index is 12.5. The van der Waals surface area contributed by atoms with E-state index in [-0.39, 0.29) is 35.2 Å². The summed E-state index contributed by atoms with van der Waals surface area (Å²) < 4.78 is 28.2. The standard InChI is InChI=1S/C14H20BrN3O3S.ClH/c1-9-5-6-16-8-14(9)18-22(20,21)11-3-4-13(12(15)7-11)17-10(2)19;/h3-4,7,9,14,16,18H,5-6,8H2,1-2H3,(H,17,19);1H. The summed E-state index contributed by atoms with van der Waals surface area (Å²) in [6, 6.07) is 4.43. The van der Waals surface area contributed by atoms with Crippen LogP contribution in [-0.4, -0.2) is 33.5 Å². The van der Waals surface area contributed by atoms with Crippen LogP contribution in [0.1, 0.15) is 20.3 Å². The predicted octanol–water partition coefficient (Wildman–Crippen LogP) is 2.11. The van der Waals surface area contributed by atoms with Crippen molar-refractivity contribution in [1.82, 2.24) is 10.0 Å². The van der Waals surface area contributed by atoms with Crippen LogP contribution in [0.15, 0.2) is 27.6 Å². The molecule has 130 valence electrons. The van der Waals surface area contributed by atoms with Gasteiger partial charge < -0.3 is 10.6 Å². The Kier molecular flexibility index (Phi) is 7.47. The summed E-state index contributed by atoms with van der Waals surface area (Å²) in [5, 5.41) is 5.83. The molecule has 1 aromatic rings. The van der Waals surface area contributed by atoms with Crippen molar-refractivity contribution in [1.29, 1.82) is 0 Å². The number of hydrogen-bond donors (Lipinski definition) is 3. The van der Waals surface area contributed by atoms with Crippen LogP contribution >= 0.6 is 28.3 Å². The molecule has 2 rings (SSSR count). The van der Waals surface area contributed by atoms with E-state index < -0.39 is 10.0 Å². The van der Waals surface area contributed by atoms with E-state index in [0.717, 1.165) is 13.0 Å². The maximum absolute atomic E-state index is 12.5. The first-order valence-corrected chi connectivity index (χ1v) is 9.37. The SMILES string of the molecule is CC(=O)Nc1ccc(S(=O)(=O)NC2CNCCC2C)cc1Br.Cl. The third-order valence-corrected chi connectivity index (χ3v) is 5.84. The predicted molar refractivity (Wildman–Crippen MR) is 96.5 cm³/mol. The van der Waals surface area contributed by atoms with Crippen molar-refractivity contribution in [2.45, 2.75) is 31.2 Å². The quantitative estimate of drug-likeness (QED) is 0.688. The zero-order valence-electron chi connectivity index (χ0n) is 12.9. The van der Waals surface area contributed by atoms with Gasteiger partial charge in [0.2, 0.25) is 15.9 Å². The topological polar surface area (TPSA) is 87.3 Å². The Morgan fingerprint density at radius 1 is 1.39 bits per heavy atom. The lowest BCUT2D eigenvalue weighted by molar-refractivity contribution is -0.114. The summed E-state index contributed by atoms with van der Waals surface area (Å²) in [4.78, 5) is 11.2. The lowest BCUT2D eigenvalue weighted by atomic mass is 9.96. The minimum atomic E-state index is -3.59. The molecule has 1 amide bonds. The Morgan fingerprint density at radius 3 is 2.65 bits per heavy atom. The molecule has 0 aromatic heterocycles. The summed E-state index contributed by atoms with van der Waals surface area (Å²) in [6.45, 7) is 4.99. The molecular weight excluding hydrogens is 406 g/mol. The molecule has 6 nitrogen and oxygen atoms in total. The van der Waals surface area contributed by atoms with Gasteiger partial charge in [-0.25, -0.2) is 13.1 Å². The highest BCUT2D eigenvalue weighted by molar-refractivity contribution is 9.10. The Morgan fingerprint density at radius 2 is 2.09 bits per heavy atom. The van der Waals surface area contributed by atoms with Crippen molar-refractivity contribution >= 4 is 50.0 Å². The molecule has 0 aliphatic carbocycles. The van der Waals surface area contributed by atoms with Gasteiger partial charge in [0, 0.05) is 24.0 Å². The van der Waals surface area contributed by atoms with Crippen LogP contribution in [0.2, 0.25) is 0 Å². The zero-order valence-corrected chi connectivity index (χ0v) is 16.1. The summed E-state index contributed by atoms with van der Waals surface area (Å²) in [6.07, 6.45) is 0.943. The molecule has 3 N–H and O–H groups in total. The molecule has 1 heterocycles. The Balaban J connectivity index is 0.00000264. The van der Waals surface area contributed by atoms with E-state index in [0.29, 0.717) is 16.7 Å². The number of amides is 1. The highest BCUT2D eigenvalue weighted by Gasteiger charge is 2.27. The van der Waals surface area contributed by atoms with Crippen LogP contribution in [0.5, 0.6) is 0 Å². The number of carbonyl (C=O) groups is 1. The molecule has 0 saturated carbocycles. The molecule has 0 spiro atoms. The van der Waals surface area contributed by atoms with Gasteiger partial charge in [0.25, 0.3) is 0 Å². The molecule has 23 heavy (non-hydrogen) atoms. The average molecular weight is 427 g/mol. The lowest BCUT2D eigenvalue weighted by Gasteiger charge is -2.30. The third-order valence-electron chi connectivity index (χ3n) is 3.70. The van der Waals surface area contributed by atoms with Crippen molar-refractivity contribution in [2.75, 3.05) is 18.4 Å². The number of nitrogens with one attached hydrogen (secondary N) is 3. The second kappa shape index (κ2) is 8.43. The fraction of sp³-hybridized carbons (Fsp3) is 0.500. The minimum Gasteiger partial charge on any atom is -0.325 e. The lowest BCUT2D eigenvalue weighted by Crippen LogP contribution is -2.50. The normalized spacial score (nSPS) is 21.3. The van der Waals surface area contributed by atoms with E-state index in [4.69, 9.17) is 0 Å². The van der Waals surface area contributed by atoms with Gasteiger partial charge >= 0.3 is 0 Å². The smallest absolute Gasteiger partial charge is 0.240 e. The Bertz CT molecular complexity index is 669. The number of benzene rings is 1. The number of halogens is 2. The average Bonchev–Trinajstić information content (AvgIpc) is 2.43. The first-order valence-electron chi connectivity index (χ1n) is 7.10. The van der Waals surface area contributed by atoms with E-state index in [1.54, 1.807) is 6.07 Å². The monoisotopic (exact) mass is 425 g/mol. The summed E-state index contributed by atoms with van der Waals surface area (Å²) in [5.74, 6) is 0.0784. The highest BCUT2D eigenvalue weighted by Crippen LogP contribution is 2.26. The zero-order chi connectivity index (χ0) is 16.3. The van der Waals surface area contributed by atoms with Crippen molar-refractivity contribution in [3.8, 4) is 0 Å². The second-order valence-corrected chi connectivity index (χ2v) is 8.09. The first kappa shape index (κ1) is 20.4. The fourth-order valence-corrected chi connectivity index (χ4v) is 4.37. The molecular formula is C14H21BrClN3O3S. The molecule has 1 aliphatic heterocycles. The number of hydrogen-bond acceptors (Lipinski definition) is 4. The van der Waals surface area contributed by atoms with Gasteiger partial charge in [0.1, 0.15) is 0 Å². The van der Waals surface area contributed by atoms with Crippen LogP contribution < -0.4 is 15.4 Å². The fourth-order valence-electron chi connectivity index (χ4n) is 2.37. The maximum Gasteiger partial charge on any atom is 0.240 e. The van der Waals surface area contributed by atoms with Crippen LogP contribution in [0.3, 0.4) is 0 Å². The highest BCUT2D eigenvalue weighted by atomic mass is 79.9. The van der Waals surface area contributed by atoms with Crippen LogP contribution in [0.25, 0.3) is 0 Å². The molecule has 1 aliphatic rings. The number of anilines is 1. The van der Waals surface area contributed by atoms with E-state index in [2.05, 4.69) is 31.3 Å². The first-order chi connectivity index (χ1) is 10.3. The van der Waals surface area contributed by atoms with Gasteiger partial charge in [-0.05, 0) is 53.0 Å². The summed E-state index contributed by atoms with van der Waals surface area (Å²) in [7, 11) is -3.59. The van der Waals surface area contributed by atoms with Gasteiger partial charge in [-0.3, -0.25) is 4.79 Å². The molecule has 1 saturated heterocycles. The largest absolute Gasteiger partial charge is 0.325 e. The van der Waals surface area contributed by atoms with E-state index in [1.807, 2.05) is 6.92 Å². The molecule has 2 unspecified atom stereocenters. The Labute approximate surface area is 151 Å². The van der Waals surface area contributed by atoms with Crippen LogP contribution in [0, 0.1) is 5.92 Å². The molecule has 1 aromatic carbocycles.